The van der Waals surface area contributed by atoms with Crippen molar-refractivity contribution < 1.29 is 0 Å². The number of aliphatic imine (C=N–C) groups is 1. The Bertz CT molecular complexity index is 596. The van der Waals surface area contributed by atoms with Crippen LogP contribution in [-0.2, 0) is 19.5 Å². The minimum absolute atomic E-state index is 0.0510. The molecule has 0 spiro atoms. The maximum absolute atomic E-state index is 12.3. The summed E-state index contributed by atoms with van der Waals surface area (Å²) in [5.74, 6) is 1.97. The van der Waals surface area contributed by atoms with E-state index in [1.54, 1.807) is 4.68 Å². The lowest BCUT2D eigenvalue weighted by Gasteiger charge is -2.20. The lowest BCUT2D eigenvalue weighted by atomic mass is 10.2. The van der Waals surface area contributed by atoms with Crippen molar-refractivity contribution in [1.82, 2.24) is 24.6 Å². The van der Waals surface area contributed by atoms with Gasteiger partial charge in [-0.1, -0.05) is 0 Å². The number of rotatable bonds is 5. The summed E-state index contributed by atoms with van der Waals surface area (Å²) in [6, 6.07) is 0. The van der Waals surface area contributed by atoms with Gasteiger partial charge in [-0.2, -0.15) is 5.10 Å². The van der Waals surface area contributed by atoms with Crippen molar-refractivity contribution in [2.75, 3.05) is 26.2 Å². The Morgan fingerprint density at radius 2 is 2.00 bits per heavy atom. The van der Waals surface area contributed by atoms with E-state index in [4.69, 9.17) is 4.99 Å². The number of nitrogens with one attached hydrogen (secondary N) is 1. The molecule has 2 aliphatic heterocycles. The van der Waals surface area contributed by atoms with E-state index in [-0.39, 0.29) is 5.69 Å². The average Bonchev–Trinajstić information content (AvgIpc) is 3.20. The van der Waals surface area contributed by atoms with Crippen molar-refractivity contribution >= 4 is 5.96 Å². The second-order valence-electron chi connectivity index (χ2n) is 6.31. The number of likely N-dealkylation sites (tertiary alicyclic amines) is 1. The Hall–Kier alpha value is -1.79. The predicted octanol–water partition coefficient (Wildman–Crippen LogP) is 0.833. The topological polar surface area (TPSA) is 67.5 Å². The highest BCUT2D eigenvalue weighted by molar-refractivity contribution is 5.80. The van der Waals surface area contributed by atoms with Gasteiger partial charge in [0.2, 0.25) is 0 Å². The quantitative estimate of drug-likeness (QED) is 0.496. The Labute approximate surface area is 137 Å². The number of hydrogen-bond donors (Lipinski definition) is 1. The third-order valence-corrected chi connectivity index (χ3v) is 4.56. The second kappa shape index (κ2) is 7.66. The summed E-state index contributed by atoms with van der Waals surface area (Å²) < 4.78 is 3.46. The summed E-state index contributed by atoms with van der Waals surface area (Å²) in [7, 11) is 0. The van der Waals surface area contributed by atoms with Crippen LogP contribution in [0.2, 0.25) is 0 Å². The molecule has 0 amide bonds. The minimum Gasteiger partial charge on any atom is -0.357 e. The fraction of sp³-hybridized carbons (Fsp3) is 0.812. The van der Waals surface area contributed by atoms with Gasteiger partial charge >= 0.3 is 5.69 Å². The van der Waals surface area contributed by atoms with Gasteiger partial charge in [0.1, 0.15) is 5.82 Å². The minimum atomic E-state index is 0.0510. The fourth-order valence-corrected chi connectivity index (χ4v) is 3.35. The monoisotopic (exact) mass is 320 g/mol. The first-order valence-electron chi connectivity index (χ1n) is 8.99. The standard InChI is InChI=1S/C16H28N6O/c1-2-17-15(20-10-5-6-11-20)18-9-7-13-22-16(23)21-12-4-3-8-14(21)19-22/h2-13H2,1H3,(H,17,18). The van der Waals surface area contributed by atoms with Crippen LogP contribution >= 0.6 is 0 Å². The lowest BCUT2D eigenvalue weighted by Crippen LogP contribution is -2.39. The third-order valence-electron chi connectivity index (χ3n) is 4.56. The van der Waals surface area contributed by atoms with Gasteiger partial charge in [-0.3, -0.25) is 9.56 Å². The molecule has 7 heteroatoms. The number of fused-ring (bicyclic) bond motifs is 1. The Morgan fingerprint density at radius 3 is 2.74 bits per heavy atom. The highest BCUT2D eigenvalue weighted by Gasteiger charge is 2.17. The second-order valence-corrected chi connectivity index (χ2v) is 6.31. The smallest absolute Gasteiger partial charge is 0.345 e. The maximum Gasteiger partial charge on any atom is 0.345 e. The molecule has 1 N–H and O–H groups in total. The number of aromatic nitrogens is 3. The number of nitrogens with zero attached hydrogens (tertiary/aromatic N) is 5. The van der Waals surface area contributed by atoms with Gasteiger partial charge in [-0.05, 0) is 39.0 Å². The Balaban J connectivity index is 1.55. The zero-order chi connectivity index (χ0) is 16.1. The van der Waals surface area contributed by atoms with Gasteiger partial charge in [0.25, 0.3) is 0 Å². The van der Waals surface area contributed by atoms with Crippen LogP contribution in [-0.4, -0.2) is 51.4 Å². The fourth-order valence-electron chi connectivity index (χ4n) is 3.35. The number of aryl methyl sites for hydroxylation is 2. The highest BCUT2D eigenvalue weighted by atomic mass is 16.2. The number of guanidine groups is 1. The van der Waals surface area contributed by atoms with Gasteiger partial charge < -0.3 is 10.2 Å². The van der Waals surface area contributed by atoms with Gasteiger partial charge in [-0.15, -0.1) is 0 Å². The van der Waals surface area contributed by atoms with Crippen molar-refractivity contribution in [3.8, 4) is 0 Å². The summed E-state index contributed by atoms with van der Waals surface area (Å²) in [5.41, 5.74) is 0.0510. The van der Waals surface area contributed by atoms with Crippen LogP contribution in [0.25, 0.3) is 0 Å². The largest absolute Gasteiger partial charge is 0.357 e. The zero-order valence-corrected chi connectivity index (χ0v) is 14.1. The van der Waals surface area contributed by atoms with Gasteiger partial charge in [0, 0.05) is 45.7 Å². The average molecular weight is 320 g/mol. The predicted molar refractivity (Wildman–Crippen MR) is 90.8 cm³/mol. The summed E-state index contributed by atoms with van der Waals surface area (Å²) in [5, 5.41) is 7.84. The normalized spacial score (nSPS) is 18.3. The van der Waals surface area contributed by atoms with Crippen LogP contribution in [0, 0.1) is 0 Å². The van der Waals surface area contributed by atoms with E-state index in [0.717, 1.165) is 70.2 Å². The van der Waals surface area contributed by atoms with Crippen molar-refractivity contribution in [2.24, 2.45) is 4.99 Å². The van der Waals surface area contributed by atoms with Gasteiger partial charge in [-0.25, -0.2) is 9.48 Å². The summed E-state index contributed by atoms with van der Waals surface area (Å²) in [6.45, 7) is 7.39. The van der Waals surface area contributed by atoms with Crippen molar-refractivity contribution in [3.05, 3.63) is 16.3 Å². The molecule has 0 atom stereocenters. The first kappa shape index (κ1) is 16.1. The van der Waals surface area contributed by atoms with Crippen molar-refractivity contribution in [2.45, 2.75) is 58.5 Å². The maximum atomic E-state index is 12.3. The van der Waals surface area contributed by atoms with Gasteiger partial charge in [0.05, 0.1) is 0 Å². The highest BCUT2D eigenvalue weighted by Crippen LogP contribution is 2.10. The molecule has 0 bridgehead atoms. The summed E-state index contributed by atoms with van der Waals surface area (Å²) in [4.78, 5) is 19.3. The van der Waals surface area contributed by atoms with E-state index in [0.29, 0.717) is 6.54 Å². The molecular formula is C16H28N6O. The SMILES string of the molecule is CCNC(=NCCCn1nc2n(c1=O)CCCC2)N1CCCC1. The summed E-state index contributed by atoms with van der Waals surface area (Å²) in [6.07, 6.45) is 6.51. The zero-order valence-electron chi connectivity index (χ0n) is 14.1. The molecular weight excluding hydrogens is 292 g/mol. The van der Waals surface area contributed by atoms with Gasteiger partial charge in [0.15, 0.2) is 5.96 Å². The molecule has 23 heavy (non-hydrogen) atoms. The molecule has 1 aromatic rings. The first-order valence-corrected chi connectivity index (χ1v) is 8.99. The van der Waals surface area contributed by atoms with Crippen LogP contribution in [0.15, 0.2) is 9.79 Å². The Kier molecular flexibility index (Phi) is 5.35. The molecule has 0 aromatic carbocycles. The van der Waals surface area contributed by atoms with E-state index in [9.17, 15) is 4.79 Å². The molecule has 7 nitrogen and oxygen atoms in total. The molecule has 3 rings (SSSR count). The molecule has 128 valence electrons. The molecule has 0 saturated carbocycles. The molecule has 0 radical (unpaired) electrons. The molecule has 1 fully saturated rings. The van der Waals surface area contributed by atoms with Crippen molar-refractivity contribution in [1.29, 1.82) is 0 Å². The van der Waals surface area contributed by atoms with E-state index in [1.165, 1.54) is 12.8 Å². The van der Waals surface area contributed by atoms with Crippen LogP contribution in [0.1, 0.15) is 44.9 Å². The van der Waals surface area contributed by atoms with E-state index < -0.39 is 0 Å². The van der Waals surface area contributed by atoms with Crippen LogP contribution < -0.4 is 11.0 Å². The van der Waals surface area contributed by atoms with E-state index >= 15 is 0 Å². The number of hydrogen-bond acceptors (Lipinski definition) is 3. The molecule has 0 aliphatic carbocycles. The molecule has 0 unspecified atom stereocenters. The Morgan fingerprint density at radius 1 is 1.22 bits per heavy atom. The summed E-state index contributed by atoms with van der Waals surface area (Å²) >= 11 is 0. The van der Waals surface area contributed by atoms with Crippen molar-refractivity contribution in [3.63, 3.8) is 0 Å². The first-order chi connectivity index (χ1) is 11.3. The molecule has 2 aliphatic rings. The molecule has 1 saturated heterocycles. The van der Waals surface area contributed by atoms with E-state index in [2.05, 4.69) is 22.2 Å². The van der Waals surface area contributed by atoms with Crippen LogP contribution in [0.5, 0.6) is 0 Å². The van der Waals surface area contributed by atoms with Crippen LogP contribution in [0.4, 0.5) is 0 Å². The molecule has 3 heterocycles. The third kappa shape index (κ3) is 3.76. The van der Waals surface area contributed by atoms with E-state index in [1.807, 2.05) is 4.57 Å². The molecule has 1 aromatic heterocycles. The van der Waals surface area contributed by atoms with Crippen LogP contribution in [0.3, 0.4) is 0 Å². The lowest BCUT2D eigenvalue weighted by molar-refractivity contribution is 0.490.